The van der Waals surface area contributed by atoms with Gasteiger partial charge in [0.25, 0.3) is 5.91 Å². The molecule has 2 N–H and O–H groups in total. The molecule has 0 saturated carbocycles. The number of hydrogen-bond acceptors (Lipinski definition) is 4. The largest absolute Gasteiger partial charge is 0.305 e. The summed E-state index contributed by atoms with van der Waals surface area (Å²) < 4.78 is 0. The van der Waals surface area contributed by atoms with E-state index in [4.69, 9.17) is 0 Å². The van der Waals surface area contributed by atoms with Crippen LogP contribution in [0, 0.1) is 0 Å². The van der Waals surface area contributed by atoms with Crippen LogP contribution in [0.5, 0.6) is 0 Å². The molecule has 2 aromatic rings. The Hall–Kier alpha value is -2.24. The van der Waals surface area contributed by atoms with Crippen molar-refractivity contribution in [3.63, 3.8) is 0 Å². The van der Waals surface area contributed by atoms with Gasteiger partial charge in [0.05, 0.1) is 18.0 Å². The Labute approximate surface area is 98.5 Å². The molecular formula is C11H13N5O. The molecule has 0 aliphatic carbocycles. The van der Waals surface area contributed by atoms with Gasteiger partial charge in [0, 0.05) is 11.8 Å². The quantitative estimate of drug-likeness (QED) is 0.839. The minimum atomic E-state index is -0.248. The van der Waals surface area contributed by atoms with Gasteiger partial charge in [-0.05, 0) is 12.0 Å². The van der Waals surface area contributed by atoms with E-state index in [1.807, 2.05) is 19.9 Å². The van der Waals surface area contributed by atoms with Crippen LogP contribution in [0.2, 0.25) is 0 Å². The number of anilines is 1. The zero-order chi connectivity index (χ0) is 12.3. The molecule has 0 fully saturated rings. The lowest BCUT2D eigenvalue weighted by atomic mass is 10.1. The summed E-state index contributed by atoms with van der Waals surface area (Å²) in [5, 5.41) is 16.8. The molecule has 0 bridgehead atoms. The van der Waals surface area contributed by atoms with Gasteiger partial charge in [0.2, 0.25) is 0 Å². The highest BCUT2D eigenvalue weighted by molar-refractivity contribution is 6.03. The third kappa shape index (κ3) is 2.66. The third-order valence-electron chi connectivity index (χ3n) is 2.31. The van der Waals surface area contributed by atoms with Gasteiger partial charge < -0.3 is 5.32 Å². The normalized spacial score (nSPS) is 10.5. The number of rotatable bonds is 3. The monoisotopic (exact) mass is 231 g/mol. The summed E-state index contributed by atoms with van der Waals surface area (Å²) in [6.45, 7) is 4.10. The summed E-state index contributed by atoms with van der Waals surface area (Å²) >= 11 is 0. The lowest BCUT2D eigenvalue weighted by Gasteiger charge is -2.00. The van der Waals surface area contributed by atoms with Gasteiger partial charge in [-0.2, -0.15) is 15.3 Å². The molecule has 0 saturated heterocycles. The van der Waals surface area contributed by atoms with Crippen LogP contribution in [0.3, 0.4) is 0 Å². The minimum absolute atomic E-state index is 0.248. The van der Waals surface area contributed by atoms with E-state index < -0.39 is 0 Å². The van der Waals surface area contributed by atoms with Crippen molar-refractivity contribution in [1.29, 1.82) is 0 Å². The fraction of sp³-hybridized carbons (Fsp3) is 0.273. The zero-order valence-corrected chi connectivity index (χ0v) is 9.64. The minimum Gasteiger partial charge on any atom is -0.305 e. The molecule has 0 radical (unpaired) electrons. The molecule has 0 unspecified atom stereocenters. The first-order chi connectivity index (χ1) is 8.16. The van der Waals surface area contributed by atoms with E-state index >= 15 is 0 Å². The molecule has 88 valence electrons. The lowest BCUT2D eigenvalue weighted by molar-refractivity contribution is 0.102. The number of aromatic amines is 1. The van der Waals surface area contributed by atoms with Crippen LogP contribution in [0.15, 0.2) is 24.5 Å². The van der Waals surface area contributed by atoms with Gasteiger partial charge in [-0.1, -0.05) is 13.8 Å². The maximum Gasteiger partial charge on any atom is 0.258 e. The second-order valence-electron chi connectivity index (χ2n) is 3.95. The summed E-state index contributed by atoms with van der Waals surface area (Å²) in [4.78, 5) is 11.8. The first-order valence-corrected chi connectivity index (χ1v) is 5.30. The van der Waals surface area contributed by atoms with Crippen LogP contribution in [0.25, 0.3) is 0 Å². The zero-order valence-electron chi connectivity index (χ0n) is 9.64. The first-order valence-electron chi connectivity index (χ1n) is 5.30. The molecule has 0 spiro atoms. The molecule has 1 amide bonds. The Balaban J connectivity index is 2.08. The van der Waals surface area contributed by atoms with Gasteiger partial charge in [-0.3, -0.25) is 9.89 Å². The van der Waals surface area contributed by atoms with E-state index in [2.05, 4.69) is 25.7 Å². The van der Waals surface area contributed by atoms with Crippen LogP contribution in [0.1, 0.15) is 35.8 Å². The first kappa shape index (κ1) is 11.3. The van der Waals surface area contributed by atoms with Crippen LogP contribution in [0.4, 0.5) is 5.82 Å². The molecule has 0 aromatic carbocycles. The predicted molar refractivity (Wildman–Crippen MR) is 62.7 cm³/mol. The topological polar surface area (TPSA) is 83.6 Å². The number of carbonyl (C=O) groups is 1. The van der Waals surface area contributed by atoms with Gasteiger partial charge in [0.1, 0.15) is 0 Å². The van der Waals surface area contributed by atoms with Crippen molar-refractivity contribution in [3.8, 4) is 0 Å². The molecule has 17 heavy (non-hydrogen) atoms. The number of amides is 1. The van der Waals surface area contributed by atoms with Crippen LogP contribution in [-0.4, -0.2) is 26.3 Å². The standard InChI is InChI=1S/C11H13N5O/c1-7(2)9-5-10(16-15-9)14-11(17)8-3-4-12-13-6-8/h3-7H,1-2H3,(H2,14,15,16,17). The Morgan fingerprint density at radius 1 is 1.41 bits per heavy atom. The van der Waals surface area contributed by atoms with E-state index in [1.54, 1.807) is 6.07 Å². The second-order valence-corrected chi connectivity index (χ2v) is 3.95. The number of nitrogens with one attached hydrogen (secondary N) is 2. The average Bonchev–Trinajstić information content (AvgIpc) is 2.79. The van der Waals surface area contributed by atoms with E-state index in [-0.39, 0.29) is 5.91 Å². The van der Waals surface area contributed by atoms with Crippen molar-refractivity contribution >= 4 is 11.7 Å². The second kappa shape index (κ2) is 4.73. The number of nitrogens with zero attached hydrogens (tertiary/aromatic N) is 3. The van der Waals surface area contributed by atoms with Crippen molar-refractivity contribution in [1.82, 2.24) is 20.4 Å². The van der Waals surface area contributed by atoms with Crippen molar-refractivity contribution in [2.75, 3.05) is 5.32 Å². The molecular weight excluding hydrogens is 218 g/mol. The highest BCUT2D eigenvalue weighted by Crippen LogP contribution is 2.15. The molecule has 6 heteroatoms. The summed E-state index contributed by atoms with van der Waals surface area (Å²) in [6.07, 6.45) is 2.88. The molecule has 0 aliphatic heterocycles. The Kier molecular flexibility index (Phi) is 3.13. The van der Waals surface area contributed by atoms with Gasteiger partial charge in [-0.25, -0.2) is 0 Å². The third-order valence-corrected chi connectivity index (χ3v) is 2.31. The summed E-state index contributed by atoms with van der Waals surface area (Å²) in [5.41, 5.74) is 1.43. The van der Waals surface area contributed by atoms with E-state index in [1.165, 1.54) is 12.4 Å². The Morgan fingerprint density at radius 2 is 2.24 bits per heavy atom. The molecule has 2 heterocycles. The maximum absolute atomic E-state index is 11.8. The lowest BCUT2D eigenvalue weighted by Crippen LogP contribution is -2.12. The highest BCUT2D eigenvalue weighted by atomic mass is 16.1. The number of aromatic nitrogens is 4. The fourth-order valence-corrected chi connectivity index (χ4v) is 1.31. The van der Waals surface area contributed by atoms with Crippen molar-refractivity contribution in [2.45, 2.75) is 19.8 Å². The Bertz CT molecular complexity index is 506. The number of carbonyl (C=O) groups excluding carboxylic acids is 1. The summed E-state index contributed by atoms with van der Waals surface area (Å²) in [6, 6.07) is 3.41. The highest BCUT2D eigenvalue weighted by Gasteiger charge is 2.09. The number of H-pyrrole nitrogens is 1. The molecule has 0 atom stereocenters. The van der Waals surface area contributed by atoms with Crippen LogP contribution in [-0.2, 0) is 0 Å². The van der Waals surface area contributed by atoms with Crippen molar-refractivity contribution < 1.29 is 4.79 Å². The van der Waals surface area contributed by atoms with E-state index in [9.17, 15) is 4.79 Å². The van der Waals surface area contributed by atoms with E-state index in [0.29, 0.717) is 17.3 Å². The van der Waals surface area contributed by atoms with Crippen LogP contribution >= 0.6 is 0 Å². The molecule has 2 rings (SSSR count). The predicted octanol–water partition coefficient (Wildman–Crippen LogP) is 1.58. The van der Waals surface area contributed by atoms with Crippen LogP contribution < -0.4 is 5.32 Å². The summed E-state index contributed by atoms with van der Waals surface area (Å²) in [7, 11) is 0. The van der Waals surface area contributed by atoms with Gasteiger partial charge in [-0.15, -0.1) is 0 Å². The fourth-order valence-electron chi connectivity index (χ4n) is 1.31. The smallest absolute Gasteiger partial charge is 0.258 e. The average molecular weight is 231 g/mol. The van der Waals surface area contributed by atoms with Gasteiger partial charge in [0.15, 0.2) is 5.82 Å². The van der Waals surface area contributed by atoms with Crippen molar-refractivity contribution in [2.24, 2.45) is 0 Å². The summed E-state index contributed by atoms with van der Waals surface area (Å²) in [5.74, 6) is 0.605. The Morgan fingerprint density at radius 3 is 2.82 bits per heavy atom. The molecule has 0 aliphatic rings. The number of hydrogen-bond donors (Lipinski definition) is 2. The SMILES string of the molecule is CC(C)c1cc(NC(=O)c2ccnnc2)n[nH]1. The molecule has 6 nitrogen and oxygen atoms in total. The maximum atomic E-state index is 11.8. The molecule has 2 aromatic heterocycles. The van der Waals surface area contributed by atoms with Gasteiger partial charge >= 0.3 is 0 Å². The van der Waals surface area contributed by atoms with E-state index in [0.717, 1.165) is 5.69 Å². The van der Waals surface area contributed by atoms with Crippen molar-refractivity contribution in [3.05, 3.63) is 35.8 Å².